The van der Waals surface area contributed by atoms with Crippen LogP contribution >= 0.6 is 0 Å². The molecule has 22 heavy (non-hydrogen) atoms. The molecule has 0 saturated heterocycles. The normalized spacial score (nSPS) is 16.8. The standard InChI is InChI=1S/C17H16N2O3/c1-11(19-21)12-6-8-14(9-7-12)18-17(20)16-10-13-4-2-3-5-15(13)22-16/h2-9,16,21H,10H2,1H3,(H,18,20)/b19-11+. The van der Waals surface area contributed by atoms with Gasteiger partial charge in [-0.2, -0.15) is 0 Å². The Labute approximate surface area is 128 Å². The van der Waals surface area contributed by atoms with Crippen molar-refractivity contribution in [3.63, 3.8) is 0 Å². The molecule has 0 spiro atoms. The molecule has 0 radical (unpaired) electrons. The van der Waals surface area contributed by atoms with Crippen LogP contribution in [-0.2, 0) is 11.2 Å². The fourth-order valence-corrected chi connectivity index (χ4v) is 2.40. The van der Waals surface area contributed by atoms with Crippen LogP contribution in [0.15, 0.2) is 53.7 Å². The second-order valence-electron chi connectivity index (χ2n) is 5.17. The lowest BCUT2D eigenvalue weighted by atomic mass is 10.1. The van der Waals surface area contributed by atoms with Crippen molar-refractivity contribution in [1.29, 1.82) is 0 Å². The fourth-order valence-electron chi connectivity index (χ4n) is 2.40. The Kier molecular flexibility index (Phi) is 3.78. The van der Waals surface area contributed by atoms with Crippen molar-refractivity contribution in [3.05, 3.63) is 59.7 Å². The molecule has 3 rings (SSSR count). The Morgan fingerprint density at radius 2 is 1.95 bits per heavy atom. The van der Waals surface area contributed by atoms with Crippen LogP contribution in [0.1, 0.15) is 18.1 Å². The molecule has 1 aliphatic heterocycles. The first-order chi connectivity index (χ1) is 10.7. The minimum absolute atomic E-state index is 0.170. The van der Waals surface area contributed by atoms with Gasteiger partial charge in [-0.05, 0) is 36.2 Å². The van der Waals surface area contributed by atoms with Gasteiger partial charge >= 0.3 is 0 Å². The molecule has 112 valence electrons. The van der Waals surface area contributed by atoms with Crippen LogP contribution in [0.4, 0.5) is 5.69 Å². The van der Waals surface area contributed by atoms with E-state index in [0.29, 0.717) is 17.8 Å². The Morgan fingerprint density at radius 3 is 2.64 bits per heavy atom. The number of fused-ring (bicyclic) bond motifs is 1. The van der Waals surface area contributed by atoms with Crippen LogP contribution in [0, 0.1) is 0 Å². The molecule has 2 N–H and O–H groups in total. The van der Waals surface area contributed by atoms with Crippen molar-refractivity contribution < 1.29 is 14.7 Å². The minimum atomic E-state index is -0.502. The van der Waals surface area contributed by atoms with Crippen LogP contribution in [0.25, 0.3) is 0 Å². The van der Waals surface area contributed by atoms with Crippen molar-refractivity contribution in [2.24, 2.45) is 5.16 Å². The van der Waals surface area contributed by atoms with Gasteiger partial charge < -0.3 is 15.3 Å². The number of amides is 1. The van der Waals surface area contributed by atoms with Crippen molar-refractivity contribution in [2.75, 3.05) is 5.32 Å². The molecular formula is C17H16N2O3. The van der Waals surface area contributed by atoms with Crippen LogP contribution in [0.5, 0.6) is 5.75 Å². The number of rotatable bonds is 3. The quantitative estimate of drug-likeness (QED) is 0.520. The monoisotopic (exact) mass is 296 g/mol. The third-order valence-electron chi connectivity index (χ3n) is 3.66. The van der Waals surface area contributed by atoms with Crippen LogP contribution < -0.4 is 10.1 Å². The molecule has 0 aromatic heterocycles. The zero-order chi connectivity index (χ0) is 15.5. The van der Waals surface area contributed by atoms with E-state index in [0.717, 1.165) is 16.9 Å². The predicted molar refractivity (Wildman–Crippen MR) is 83.6 cm³/mol. The highest BCUT2D eigenvalue weighted by molar-refractivity contribution is 5.99. The van der Waals surface area contributed by atoms with Crippen molar-refractivity contribution >= 4 is 17.3 Å². The van der Waals surface area contributed by atoms with Crippen molar-refractivity contribution in [2.45, 2.75) is 19.4 Å². The van der Waals surface area contributed by atoms with E-state index < -0.39 is 6.10 Å². The number of benzene rings is 2. The van der Waals surface area contributed by atoms with Gasteiger partial charge in [0.2, 0.25) is 0 Å². The zero-order valence-electron chi connectivity index (χ0n) is 12.1. The smallest absolute Gasteiger partial charge is 0.265 e. The molecule has 5 heteroatoms. The van der Waals surface area contributed by atoms with Gasteiger partial charge in [0.05, 0.1) is 5.71 Å². The molecule has 1 heterocycles. The SMILES string of the molecule is C/C(=N\O)c1ccc(NC(=O)C2Cc3ccccc3O2)cc1. The van der Waals surface area contributed by atoms with Gasteiger partial charge in [0, 0.05) is 12.1 Å². The number of carbonyl (C=O) groups excluding carboxylic acids is 1. The summed E-state index contributed by atoms with van der Waals surface area (Å²) in [7, 11) is 0. The van der Waals surface area contributed by atoms with Gasteiger partial charge in [0.1, 0.15) is 5.75 Å². The van der Waals surface area contributed by atoms with E-state index in [1.54, 1.807) is 31.2 Å². The first-order valence-corrected chi connectivity index (χ1v) is 7.02. The van der Waals surface area contributed by atoms with E-state index in [2.05, 4.69) is 10.5 Å². The molecule has 1 atom stereocenters. The van der Waals surface area contributed by atoms with Gasteiger partial charge in [-0.3, -0.25) is 4.79 Å². The molecule has 5 nitrogen and oxygen atoms in total. The maximum Gasteiger partial charge on any atom is 0.265 e. The fraction of sp³-hybridized carbons (Fsp3) is 0.176. The second-order valence-corrected chi connectivity index (χ2v) is 5.17. The number of nitrogens with one attached hydrogen (secondary N) is 1. The summed E-state index contributed by atoms with van der Waals surface area (Å²) in [6.07, 6.45) is 0.0777. The number of carbonyl (C=O) groups is 1. The van der Waals surface area contributed by atoms with Gasteiger partial charge in [-0.15, -0.1) is 0 Å². The van der Waals surface area contributed by atoms with Crippen molar-refractivity contribution in [1.82, 2.24) is 0 Å². The van der Waals surface area contributed by atoms with Crippen molar-refractivity contribution in [3.8, 4) is 5.75 Å². The molecule has 0 bridgehead atoms. The number of oxime groups is 1. The molecule has 0 aliphatic carbocycles. The molecule has 1 unspecified atom stereocenters. The highest BCUT2D eigenvalue weighted by Gasteiger charge is 2.28. The zero-order valence-corrected chi connectivity index (χ0v) is 12.1. The number of hydrogen-bond donors (Lipinski definition) is 2. The number of hydrogen-bond acceptors (Lipinski definition) is 4. The highest BCUT2D eigenvalue weighted by Crippen LogP contribution is 2.28. The lowest BCUT2D eigenvalue weighted by Crippen LogP contribution is -2.31. The lowest BCUT2D eigenvalue weighted by molar-refractivity contribution is -0.122. The molecule has 0 fully saturated rings. The second kappa shape index (κ2) is 5.89. The van der Waals surface area contributed by atoms with Crippen LogP contribution in [0.2, 0.25) is 0 Å². The summed E-state index contributed by atoms with van der Waals surface area (Å²) in [4.78, 5) is 12.3. The van der Waals surface area contributed by atoms with E-state index >= 15 is 0 Å². The van der Waals surface area contributed by atoms with Gasteiger partial charge in [0.15, 0.2) is 6.10 Å². The summed E-state index contributed by atoms with van der Waals surface area (Å²) in [6, 6.07) is 14.8. The van der Waals surface area contributed by atoms with Gasteiger partial charge in [-0.25, -0.2) is 0 Å². The van der Waals surface area contributed by atoms with Crippen LogP contribution in [0.3, 0.4) is 0 Å². The first-order valence-electron chi connectivity index (χ1n) is 7.02. The van der Waals surface area contributed by atoms with E-state index in [1.807, 2.05) is 24.3 Å². The average molecular weight is 296 g/mol. The largest absolute Gasteiger partial charge is 0.480 e. The maximum atomic E-state index is 12.3. The molecule has 0 saturated carbocycles. The average Bonchev–Trinajstić information content (AvgIpc) is 2.99. The van der Waals surface area contributed by atoms with E-state index in [9.17, 15) is 4.79 Å². The Balaban J connectivity index is 1.66. The topological polar surface area (TPSA) is 70.9 Å². The highest BCUT2D eigenvalue weighted by atomic mass is 16.5. The van der Waals surface area contributed by atoms with Gasteiger partial charge in [-0.1, -0.05) is 35.5 Å². The third kappa shape index (κ3) is 2.79. The van der Waals surface area contributed by atoms with Crippen LogP contribution in [-0.4, -0.2) is 22.9 Å². The van der Waals surface area contributed by atoms with E-state index in [1.165, 1.54) is 0 Å². The van der Waals surface area contributed by atoms with Gasteiger partial charge in [0.25, 0.3) is 5.91 Å². The predicted octanol–water partition coefficient (Wildman–Crippen LogP) is 2.83. The number of ether oxygens (including phenoxy) is 1. The molecule has 2 aromatic rings. The first kappa shape index (κ1) is 14.1. The summed E-state index contributed by atoms with van der Waals surface area (Å²) >= 11 is 0. The molecular weight excluding hydrogens is 280 g/mol. The number of nitrogens with zero attached hydrogens (tertiary/aromatic N) is 1. The number of anilines is 1. The summed E-state index contributed by atoms with van der Waals surface area (Å²) in [6.45, 7) is 1.71. The third-order valence-corrected chi connectivity index (χ3v) is 3.66. The molecule has 1 aliphatic rings. The maximum absolute atomic E-state index is 12.3. The Bertz CT molecular complexity index is 698. The lowest BCUT2D eigenvalue weighted by Gasteiger charge is -2.11. The van der Waals surface area contributed by atoms with E-state index in [4.69, 9.17) is 9.94 Å². The Morgan fingerprint density at radius 1 is 1.23 bits per heavy atom. The minimum Gasteiger partial charge on any atom is -0.480 e. The summed E-state index contributed by atoms with van der Waals surface area (Å²) in [5.41, 5.74) is 3.05. The Hall–Kier alpha value is -2.82. The summed E-state index contributed by atoms with van der Waals surface area (Å²) < 4.78 is 5.66. The molecule has 2 aromatic carbocycles. The molecule has 1 amide bonds. The summed E-state index contributed by atoms with van der Waals surface area (Å²) in [5, 5.41) is 14.7. The summed E-state index contributed by atoms with van der Waals surface area (Å²) in [5.74, 6) is 0.601. The van der Waals surface area contributed by atoms with E-state index in [-0.39, 0.29) is 5.91 Å². The number of para-hydroxylation sites is 1.